The van der Waals surface area contributed by atoms with Crippen LogP contribution in [0.5, 0.6) is 0 Å². The lowest BCUT2D eigenvalue weighted by atomic mass is 10.0. The molecule has 0 saturated carbocycles. The maximum absolute atomic E-state index is 9.02. The minimum atomic E-state index is -0.500. The van der Waals surface area contributed by atoms with E-state index in [9.17, 15) is 0 Å². The number of hydrogen-bond donors (Lipinski definition) is 4. The summed E-state index contributed by atoms with van der Waals surface area (Å²) in [5, 5.41) is 35.9. The van der Waals surface area contributed by atoms with E-state index >= 15 is 0 Å². The first-order valence-corrected chi connectivity index (χ1v) is 9.70. The van der Waals surface area contributed by atoms with Gasteiger partial charge in [0.15, 0.2) is 0 Å². The normalized spacial score (nSPS) is 12.0. The minimum Gasteiger partial charge on any atom is -0.391 e. The standard InChI is InChI=1S/C6H14O.C5H11BrO.2C4H10O/c1-4-5-6(2,3)7;1-5(2,7)3-4-6;2*1-4(2,3)5/h7H,4-5H2,1-3H3;7H,3-4H2,1-2H3;2*5H,1-3H3. The molecule has 0 amide bonds. The van der Waals surface area contributed by atoms with Crippen LogP contribution >= 0.6 is 15.9 Å². The van der Waals surface area contributed by atoms with E-state index in [0.29, 0.717) is 0 Å². The zero-order valence-electron chi connectivity index (χ0n) is 18.0. The molecule has 0 rings (SSSR count). The van der Waals surface area contributed by atoms with Crippen molar-refractivity contribution in [2.75, 3.05) is 5.33 Å². The van der Waals surface area contributed by atoms with E-state index in [1.165, 1.54) is 0 Å². The average Bonchev–Trinajstić information content (AvgIpc) is 2.07. The molecule has 0 aromatic heterocycles. The Balaban J connectivity index is -0.000000113. The average molecular weight is 417 g/mol. The molecule has 0 fully saturated rings. The van der Waals surface area contributed by atoms with Gasteiger partial charge in [0, 0.05) is 5.33 Å². The highest BCUT2D eigenvalue weighted by atomic mass is 79.9. The second kappa shape index (κ2) is 14.5. The smallest absolute Gasteiger partial charge is 0.0599 e. The van der Waals surface area contributed by atoms with Crippen molar-refractivity contribution < 1.29 is 20.4 Å². The number of alkyl halides is 1. The number of aliphatic hydroxyl groups is 4. The Bertz CT molecular complexity index is 213. The molecule has 0 unspecified atom stereocenters. The second-order valence-electron chi connectivity index (χ2n) is 9.16. The fourth-order valence-electron chi connectivity index (χ4n) is 0.843. The zero-order chi connectivity index (χ0) is 20.8. The molecule has 0 saturated heterocycles. The number of hydrogen-bond acceptors (Lipinski definition) is 4. The van der Waals surface area contributed by atoms with Crippen LogP contribution in [0.4, 0.5) is 0 Å². The van der Waals surface area contributed by atoms with Crippen molar-refractivity contribution in [1.82, 2.24) is 0 Å². The summed E-state index contributed by atoms with van der Waals surface area (Å²) in [5.41, 5.74) is -1.95. The quantitative estimate of drug-likeness (QED) is 0.502. The van der Waals surface area contributed by atoms with Crippen LogP contribution in [0.3, 0.4) is 0 Å². The first kappa shape index (κ1) is 32.0. The van der Waals surface area contributed by atoms with Gasteiger partial charge in [-0.2, -0.15) is 0 Å². The van der Waals surface area contributed by atoms with Crippen LogP contribution < -0.4 is 0 Å². The first-order chi connectivity index (χ1) is 10.1. The van der Waals surface area contributed by atoms with Crippen molar-refractivity contribution in [3.8, 4) is 0 Å². The summed E-state index contributed by atoms with van der Waals surface area (Å²) in [5.74, 6) is 0. The van der Waals surface area contributed by atoms with Gasteiger partial charge >= 0.3 is 0 Å². The highest BCUT2D eigenvalue weighted by molar-refractivity contribution is 9.09. The van der Waals surface area contributed by atoms with Gasteiger partial charge in [-0.1, -0.05) is 29.3 Å². The van der Waals surface area contributed by atoms with Crippen LogP contribution in [0.15, 0.2) is 0 Å². The van der Waals surface area contributed by atoms with E-state index in [0.717, 1.165) is 24.6 Å². The molecular formula is C19H45BrO4. The summed E-state index contributed by atoms with van der Waals surface area (Å²) >= 11 is 3.23. The molecular weight excluding hydrogens is 372 g/mol. The molecule has 0 atom stereocenters. The van der Waals surface area contributed by atoms with E-state index < -0.39 is 22.4 Å². The van der Waals surface area contributed by atoms with Gasteiger partial charge in [-0.3, -0.25) is 0 Å². The van der Waals surface area contributed by atoms with Gasteiger partial charge in [-0.15, -0.1) is 0 Å². The third-order valence-electron chi connectivity index (χ3n) is 1.57. The lowest BCUT2D eigenvalue weighted by Crippen LogP contribution is -2.18. The Hall–Kier alpha value is 0.320. The molecule has 5 heteroatoms. The van der Waals surface area contributed by atoms with Crippen molar-refractivity contribution >= 4 is 15.9 Å². The highest BCUT2D eigenvalue weighted by Gasteiger charge is 2.09. The Morgan fingerprint density at radius 1 is 0.583 bits per heavy atom. The third-order valence-corrected chi connectivity index (χ3v) is 1.96. The first-order valence-electron chi connectivity index (χ1n) is 8.58. The maximum atomic E-state index is 9.02. The number of rotatable bonds is 4. The SMILES string of the molecule is CC(C)(C)O.CC(C)(C)O.CC(C)(O)CCBr.CCCC(C)(C)O. The van der Waals surface area contributed by atoms with E-state index in [4.69, 9.17) is 20.4 Å². The monoisotopic (exact) mass is 416 g/mol. The molecule has 4 N–H and O–H groups in total. The van der Waals surface area contributed by atoms with Crippen LogP contribution in [0, 0.1) is 0 Å². The Morgan fingerprint density at radius 2 is 0.792 bits per heavy atom. The van der Waals surface area contributed by atoms with Gasteiger partial charge in [0.25, 0.3) is 0 Å². The van der Waals surface area contributed by atoms with Crippen molar-refractivity contribution in [2.24, 2.45) is 0 Å². The Labute approximate surface area is 159 Å². The maximum Gasteiger partial charge on any atom is 0.0599 e. The van der Waals surface area contributed by atoms with Gasteiger partial charge in [0.2, 0.25) is 0 Å². The Kier molecular flexibility index (Phi) is 19.3. The summed E-state index contributed by atoms with van der Waals surface area (Å²) in [6, 6.07) is 0. The number of halogens is 1. The summed E-state index contributed by atoms with van der Waals surface area (Å²) in [7, 11) is 0. The van der Waals surface area contributed by atoms with Crippen molar-refractivity contribution in [1.29, 1.82) is 0 Å². The molecule has 0 aliphatic heterocycles. The van der Waals surface area contributed by atoms with Crippen LogP contribution in [-0.2, 0) is 0 Å². The van der Waals surface area contributed by atoms with Crippen LogP contribution in [0.1, 0.15) is 95.4 Å². The van der Waals surface area contributed by atoms with Crippen molar-refractivity contribution in [2.45, 2.75) is 118 Å². The topological polar surface area (TPSA) is 80.9 Å². The van der Waals surface area contributed by atoms with Crippen molar-refractivity contribution in [3.63, 3.8) is 0 Å². The summed E-state index contributed by atoms with van der Waals surface area (Å²) in [6.45, 7) is 19.8. The fourth-order valence-corrected chi connectivity index (χ4v) is 1.81. The molecule has 0 spiro atoms. The van der Waals surface area contributed by atoms with Crippen LogP contribution in [-0.4, -0.2) is 48.2 Å². The lowest BCUT2D eigenvalue weighted by molar-refractivity contribution is 0.0702. The van der Waals surface area contributed by atoms with Crippen LogP contribution in [0.25, 0.3) is 0 Å². The molecule has 0 bridgehead atoms. The van der Waals surface area contributed by atoms with Gasteiger partial charge in [0.1, 0.15) is 0 Å². The summed E-state index contributed by atoms with van der Waals surface area (Å²) in [6.07, 6.45) is 2.77. The molecule has 0 radical (unpaired) electrons. The minimum absolute atomic E-state index is 0.450. The van der Waals surface area contributed by atoms with E-state index in [2.05, 4.69) is 22.9 Å². The molecule has 24 heavy (non-hydrogen) atoms. The largest absolute Gasteiger partial charge is 0.391 e. The van der Waals surface area contributed by atoms with Crippen LogP contribution in [0.2, 0.25) is 0 Å². The predicted molar refractivity (Wildman–Crippen MR) is 110 cm³/mol. The second-order valence-corrected chi connectivity index (χ2v) is 9.95. The predicted octanol–water partition coefficient (Wildman–Crippen LogP) is 4.65. The van der Waals surface area contributed by atoms with E-state index in [1.54, 1.807) is 55.4 Å². The molecule has 152 valence electrons. The zero-order valence-corrected chi connectivity index (χ0v) is 19.6. The van der Waals surface area contributed by atoms with E-state index in [-0.39, 0.29) is 0 Å². The molecule has 0 aromatic carbocycles. The highest BCUT2D eigenvalue weighted by Crippen LogP contribution is 2.08. The van der Waals surface area contributed by atoms with Gasteiger partial charge in [-0.05, 0) is 82.1 Å². The van der Waals surface area contributed by atoms with Gasteiger partial charge < -0.3 is 20.4 Å². The summed E-state index contributed by atoms with van der Waals surface area (Å²) < 4.78 is 0. The Morgan fingerprint density at radius 3 is 0.792 bits per heavy atom. The van der Waals surface area contributed by atoms with Crippen molar-refractivity contribution in [3.05, 3.63) is 0 Å². The summed E-state index contributed by atoms with van der Waals surface area (Å²) in [4.78, 5) is 0. The molecule has 0 aliphatic carbocycles. The fraction of sp³-hybridized carbons (Fsp3) is 1.00. The molecule has 0 aromatic rings. The van der Waals surface area contributed by atoms with Gasteiger partial charge in [0.05, 0.1) is 22.4 Å². The van der Waals surface area contributed by atoms with E-state index in [1.807, 2.05) is 13.8 Å². The molecule has 4 nitrogen and oxygen atoms in total. The van der Waals surface area contributed by atoms with Gasteiger partial charge in [-0.25, -0.2) is 0 Å². The molecule has 0 heterocycles. The third kappa shape index (κ3) is 147. The lowest BCUT2D eigenvalue weighted by Gasteiger charge is -2.14. The molecule has 0 aliphatic rings.